The molecule has 3 aliphatic rings. The number of carbonyl (C=O) groups excluding carboxylic acids is 1. The number of rotatable bonds is 7. The summed E-state index contributed by atoms with van der Waals surface area (Å²) in [5, 5.41) is 47.2. The van der Waals surface area contributed by atoms with Gasteiger partial charge in [0.1, 0.15) is 36.8 Å². The Labute approximate surface area is 204 Å². The number of aliphatic carboxylic acids is 1. The van der Waals surface area contributed by atoms with E-state index in [0.717, 1.165) is 5.57 Å². The van der Waals surface area contributed by atoms with Gasteiger partial charge in [-0.15, -0.1) is 0 Å². The first kappa shape index (κ1) is 24.5. The van der Waals surface area contributed by atoms with E-state index in [9.17, 15) is 24.9 Å². The first-order valence-corrected chi connectivity index (χ1v) is 11.8. The highest BCUT2D eigenvalue weighted by Gasteiger charge is 2.39. The van der Waals surface area contributed by atoms with Crippen molar-refractivity contribution in [2.75, 3.05) is 30.8 Å². The average molecular weight is 507 g/mol. The van der Waals surface area contributed by atoms with E-state index < -0.39 is 35.8 Å². The summed E-state index contributed by atoms with van der Waals surface area (Å²) in [5.74, 6) is -0.0375. The van der Waals surface area contributed by atoms with Gasteiger partial charge in [-0.05, 0) is 17.6 Å². The van der Waals surface area contributed by atoms with E-state index in [1.165, 1.54) is 10.9 Å². The number of aliphatic hydroxyl groups is 3. The summed E-state index contributed by atoms with van der Waals surface area (Å²) < 4.78 is 7.27. The number of thioether (sulfide) groups is 1. The molecule has 3 heterocycles. The number of allylic oxidation sites excluding steroid dienone is 3. The highest BCUT2D eigenvalue weighted by atomic mass is 32.2. The van der Waals surface area contributed by atoms with Crippen molar-refractivity contribution in [2.24, 2.45) is 10.9 Å². The van der Waals surface area contributed by atoms with Gasteiger partial charge in [0.25, 0.3) is 5.24 Å². The van der Waals surface area contributed by atoms with Crippen LogP contribution in [-0.4, -0.2) is 78.6 Å². The molecule has 35 heavy (non-hydrogen) atoms. The van der Waals surface area contributed by atoms with Gasteiger partial charge in [-0.25, -0.2) is 9.98 Å². The number of ether oxygens (including phenoxy) is 1. The Kier molecular flexibility index (Phi) is 7.21. The molecular weight excluding hydrogens is 480 g/mol. The molecule has 0 aromatic carbocycles. The lowest BCUT2D eigenvalue weighted by Gasteiger charge is -2.24. The Morgan fingerprint density at radius 2 is 2.14 bits per heavy atom. The maximum Gasteiger partial charge on any atom is 0.323 e. The molecule has 14 heteroatoms. The standard InChI is InChI=1S/C21H26N6O7S/c1-10-4-12(28)3-2-11(10)5-22-18-15-19(25-8-24-18)27(9-26-15)20-17(32)16(31)13(34-20)7-35-21(33)23-6-14(29)30/h2-3,9-10,17,20,25,28,31-32H,4-8H2,1H3,(H,22,24)(H,23,33)(H,29,30)/t10?,17?,20-/m1/s1. The number of carboxylic acid groups (broad SMARTS) is 1. The molecule has 7 N–H and O–H groups in total. The molecule has 1 aliphatic carbocycles. The van der Waals surface area contributed by atoms with Gasteiger partial charge in [0, 0.05) is 13.0 Å². The number of carboxylic acids is 1. The van der Waals surface area contributed by atoms with E-state index in [1.54, 1.807) is 6.08 Å². The third-order valence-electron chi connectivity index (χ3n) is 5.69. The predicted molar refractivity (Wildman–Crippen MR) is 127 cm³/mol. The number of aliphatic hydroxyl groups excluding tert-OH is 3. The maximum atomic E-state index is 11.7. The van der Waals surface area contributed by atoms with Crippen LogP contribution in [0, 0.1) is 5.92 Å². The highest BCUT2D eigenvalue weighted by Crippen LogP contribution is 2.36. The average Bonchev–Trinajstić information content (AvgIpc) is 3.37. The Bertz CT molecular complexity index is 1140. The van der Waals surface area contributed by atoms with Crippen molar-refractivity contribution >= 4 is 34.6 Å². The SMILES string of the molecule is CC1CC(O)=CC=C1CNC1=NCNc2c1ncn2[C@@H]1OC(CSC(=O)NCC(=O)O)=C(O)C1O. The van der Waals surface area contributed by atoms with Crippen LogP contribution in [0.4, 0.5) is 10.6 Å². The number of anilines is 1. The second kappa shape index (κ2) is 10.3. The Morgan fingerprint density at radius 1 is 1.34 bits per heavy atom. The second-order valence-electron chi connectivity index (χ2n) is 8.13. The van der Waals surface area contributed by atoms with E-state index >= 15 is 0 Å². The Hall–Kier alpha value is -3.65. The number of amidine groups is 1. The lowest BCUT2D eigenvalue weighted by molar-refractivity contribution is -0.135. The fourth-order valence-corrected chi connectivity index (χ4v) is 4.48. The van der Waals surface area contributed by atoms with Crippen LogP contribution in [-0.2, 0) is 9.53 Å². The first-order chi connectivity index (χ1) is 16.7. The van der Waals surface area contributed by atoms with Crippen LogP contribution in [0.3, 0.4) is 0 Å². The number of hydrogen-bond donors (Lipinski definition) is 7. The zero-order valence-electron chi connectivity index (χ0n) is 18.8. The minimum absolute atomic E-state index is 0.0118. The Balaban J connectivity index is 1.41. The highest BCUT2D eigenvalue weighted by molar-refractivity contribution is 8.13. The molecule has 0 saturated carbocycles. The molecule has 1 amide bonds. The van der Waals surface area contributed by atoms with Gasteiger partial charge in [0.15, 0.2) is 17.7 Å². The maximum absolute atomic E-state index is 11.7. The molecule has 0 radical (unpaired) electrons. The summed E-state index contributed by atoms with van der Waals surface area (Å²) >= 11 is 0.708. The monoisotopic (exact) mass is 506 g/mol. The molecule has 4 rings (SSSR count). The lowest BCUT2D eigenvalue weighted by Crippen LogP contribution is -2.33. The van der Waals surface area contributed by atoms with Gasteiger partial charge in [0.05, 0.1) is 11.5 Å². The van der Waals surface area contributed by atoms with Gasteiger partial charge in [-0.2, -0.15) is 0 Å². The molecule has 188 valence electrons. The number of hydrogen-bond acceptors (Lipinski definition) is 11. The fourth-order valence-electron chi connectivity index (χ4n) is 3.83. The molecule has 0 saturated heterocycles. The molecule has 1 aromatic heterocycles. The number of nitrogens with zero attached hydrogens (tertiary/aromatic N) is 3. The van der Waals surface area contributed by atoms with Gasteiger partial charge in [0.2, 0.25) is 6.23 Å². The fraction of sp³-hybridized carbons (Fsp3) is 0.429. The summed E-state index contributed by atoms with van der Waals surface area (Å²) in [6.45, 7) is 2.28. The van der Waals surface area contributed by atoms with Crippen LogP contribution in [0.25, 0.3) is 0 Å². The summed E-state index contributed by atoms with van der Waals surface area (Å²) in [6, 6.07) is 0. The molecule has 0 bridgehead atoms. The van der Waals surface area contributed by atoms with Crippen LogP contribution in [0.2, 0.25) is 0 Å². The third-order valence-corrected chi connectivity index (χ3v) is 6.50. The number of imidazole rings is 1. The van der Waals surface area contributed by atoms with Crippen LogP contribution in [0.5, 0.6) is 0 Å². The van der Waals surface area contributed by atoms with Crippen molar-refractivity contribution in [1.82, 2.24) is 20.2 Å². The number of aliphatic imine (C=N–C) groups is 1. The molecule has 3 atom stereocenters. The van der Waals surface area contributed by atoms with Gasteiger partial charge in [-0.3, -0.25) is 14.2 Å². The zero-order chi connectivity index (χ0) is 25.1. The molecule has 1 aromatic rings. The second-order valence-corrected chi connectivity index (χ2v) is 9.08. The molecule has 0 spiro atoms. The number of fused-ring (bicyclic) bond motifs is 1. The van der Waals surface area contributed by atoms with Crippen molar-refractivity contribution in [3.63, 3.8) is 0 Å². The first-order valence-electron chi connectivity index (χ1n) is 10.8. The molecular formula is C21H26N6O7S. The topological polar surface area (TPSA) is 191 Å². The van der Waals surface area contributed by atoms with Gasteiger partial charge in [-0.1, -0.05) is 24.8 Å². The van der Waals surface area contributed by atoms with Gasteiger partial charge >= 0.3 is 5.97 Å². The van der Waals surface area contributed by atoms with E-state index in [4.69, 9.17) is 9.84 Å². The van der Waals surface area contributed by atoms with E-state index in [-0.39, 0.29) is 24.1 Å². The molecule has 13 nitrogen and oxygen atoms in total. The van der Waals surface area contributed by atoms with Crippen molar-refractivity contribution in [2.45, 2.75) is 25.7 Å². The summed E-state index contributed by atoms with van der Waals surface area (Å²) in [7, 11) is 0. The van der Waals surface area contributed by atoms with E-state index in [2.05, 4.69) is 25.9 Å². The van der Waals surface area contributed by atoms with Crippen LogP contribution in [0.15, 0.2) is 46.3 Å². The van der Waals surface area contributed by atoms with E-state index in [1.807, 2.05) is 13.0 Å². The van der Waals surface area contributed by atoms with Crippen molar-refractivity contribution in [3.8, 4) is 0 Å². The summed E-state index contributed by atoms with van der Waals surface area (Å²) in [5.41, 5.74) is 1.63. The molecule has 0 fully saturated rings. The lowest BCUT2D eigenvalue weighted by atomic mass is 9.92. The largest absolute Gasteiger partial charge is 0.512 e. The van der Waals surface area contributed by atoms with Crippen LogP contribution >= 0.6 is 11.8 Å². The zero-order valence-corrected chi connectivity index (χ0v) is 19.6. The third kappa shape index (κ3) is 5.38. The predicted octanol–water partition coefficient (Wildman–Crippen LogP) is 1.20. The number of amides is 1. The minimum Gasteiger partial charge on any atom is -0.512 e. The smallest absolute Gasteiger partial charge is 0.323 e. The van der Waals surface area contributed by atoms with Crippen molar-refractivity contribution in [3.05, 3.63) is 47.0 Å². The number of nitrogens with one attached hydrogen (secondary N) is 3. The summed E-state index contributed by atoms with van der Waals surface area (Å²) in [6.07, 6.45) is 3.19. The van der Waals surface area contributed by atoms with Crippen molar-refractivity contribution in [1.29, 1.82) is 0 Å². The number of carbonyl (C=O) groups is 2. The molecule has 2 unspecified atom stereocenters. The summed E-state index contributed by atoms with van der Waals surface area (Å²) in [4.78, 5) is 31.1. The van der Waals surface area contributed by atoms with Crippen LogP contribution < -0.4 is 16.0 Å². The quantitative estimate of drug-likeness (QED) is 0.281. The number of aromatic nitrogens is 2. The Morgan fingerprint density at radius 3 is 2.89 bits per heavy atom. The van der Waals surface area contributed by atoms with Gasteiger partial charge < -0.3 is 41.1 Å². The van der Waals surface area contributed by atoms with E-state index in [0.29, 0.717) is 47.8 Å². The normalized spacial score (nSPS) is 23.4. The van der Waals surface area contributed by atoms with Crippen molar-refractivity contribution < 1.29 is 34.8 Å². The molecule has 2 aliphatic heterocycles. The van der Waals surface area contributed by atoms with Crippen LogP contribution in [0.1, 0.15) is 25.3 Å². The minimum atomic E-state index is -1.39.